The average molecular weight is 315 g/mol. The molecule has 1 aromatic rings. The molecule has 5 heteroatoms. The van der Waals surface area contributed by atoms with Crippen LogP contribution in [0.4, 0.5) is 0 Å². The molecule has 2 heterocycles. The molecule has 1 aliphatic rings. The second-order valence-corrected chi connectivity index (χ2v) is 5.88. The first-order valence-electron chi connectivity index (χ1n) is 6.26. The normalized spacial score (nSPS) is 20.5. The van der Waals surface area contributed by atoms with E-state index in [1.807, 2.05) is 28.7 Å². The molecule has 2 rings (SSSR count). The van der Waals surface area contributed by atoms with E-state index in [0.29, 0.717) is 19.8 Å². The largest absolute Gasteiger partial charge is 0.377 e. The number of ether oxygens (including phenoxy) is 1. The molecule has 0 spiro atoms. The lowest BCUT2D eigenvalue weighted by molar-refractivity contribution is 0.00295. The Bertz CT molecular complexity index is 442. The third-order valence-electron chi connectivity index (χ3n) is 3.22. The summed E-state index contributed by atoms with van der Waals surface area (Å²) in [5, 5.41) is 0. The van der Waals surface area contributed by atoms with Gasteiger partial charge in [-0.05, 0) is 42.8 Å². The van der Waals surface area contributed by atoms with Gasteiger partial charge in [0.25, 0.3) is 5.91 Å². The van der Waals surface area contributed by atoms with Crippen molar-refractivity contribution in [1.82, 2.24) is 9.47 Å². The maximum absolute atomic E-state index is 12.6. The average Bonchev–Trinajstić information content (AvgIpc) is 2.71. The summed E-state index contributed by atoms with van der Waals surface area (Å²) in [6, 6.07) is 2.30. The molecule has 1 fully saturated rings. The van der Waals surface area contributed by atoms with Crippen LogP contribution in [-0.2, 0) is 4.74 Å². The topological polar surface area (TPSA) is 34.5 Å². The van der Waals surface area contributed by atoms with Crippen LogP contribution in [0.25, 0.3) is 0 Å². The summed E-state index contributed by atoms with van der Waals surface area (Å²) in [7, 11) is 0. The SMILES string of the molecule is CC1COCCN1C(=O)c1cc(Br)cn1C(C)C. The van der Waals surface area contributed by atoms with Crippen LogP contribution in [0.2, 0.25) is 0 Å². The minimum absolute atomic E-state index is 0.0881. The minimum Gasteiger partial charge on any atom is -0.377 e. The second kappa shape index (κ2) is 5.45. The molecule has 1 aliphatic heterocycles. The Kier molecular flexibility index (Phi) is 4.12. The Morgan fingerprint density at radius 3 is 2.89 bits per heavy atom. The molecule has 0 aromatic carbocycles. The third-order valence-corrected chi connectivity index (χ3v) is 3.65. The van der Waals surface area contributed by atoms with Crippen LogP contribution >= 0.6 is 15.9 Å². The number of aromatic nitrogens is 1. The molecular weight excluding hydrogens is 296 g/mol. The van der Waals surface area contributed by atoms with E-state index in [0.717, 1.165) is 10.2 Å². The number of amides is 1. The van der Waals surface area contributed by atoms with Crippen molar-refractivity contribution >= 4 is 21.8 Å². The van der Waals surface area contributed by atoms with Crippen LogP contribution in [0.15, 0.2) is 16.7 Å². The van der Waals surface area contributed by atoms with Gasteiger partial charge in [0.1, 0.15) is 5.69 Å². The Labute approximate surface area is 116 Å². The van der Waals surface area contributed by atoms with Gasteiger partial charge in [0.2, 0.25) is 0 Å². The predicted molar refractivity (Wildman–Crippen MR) is 73.8 cm³/mol. The van der Waals surface area contributed by atoms with E-state index < -0.39 is 0 Å². The smallest absolute Gasteiger partial charge is 0.270 e. The van der Waals surface area contributed by atoms with Crippen molar-refractivity contribution in [3.8, 4) is 0 Å². The first kappa shape index (κ1) is 13.6. The molecule has 18 heavy (non-hydrogen) atoms. The van der Waals surface area contributed by atoms with Gasteiger partial charge >= 0.3 is 0 Å². The van der Waals surface area contributed by atoms with Crippen molar-refractivity contribution in [1.29, 1.82) is 0 Å². The van der Waals surface area contributed by atoms with E-state index in [1.165, 1.54) is 0 Å². The van der Waals surface area contributed by atoms with Crippen molar-refractivity contribution in [3.05, 3.63) is 22.4 Å². The highest BCUT2D eigenvalue weighted by molar-refractivity contribution is 9.10. The molecule has 0 saturated carbocycles. The fraction of sp³-hybridized carbons (Fsp3) is 0.615. The van der Waals surface area contributed by atoms with Crippen LogP contribution in [0.3, 0.4) is 0 Å². The van der Waals surface area contributed by atoms with E-state index in [4.69, 9.17) is 4.74 Å². The van der Waals surface area contributed by atoms with Crippen molar-refractivity contribution in [2.45, 2.75) is 32.9 Å². The summed E-state index contributed by atoms with van der Waals surface area (Å²) in [5.41, 5.74) is 0.741. The zero-order valence-corrected chi connectivity index (χ0v) is 12.6. The molecule has 1 saturated heterocycles. The number of halogens is 1. The summed E-state index contributed by atoms with van der Waals surface area (Å²) in [4.78, 5) is 14.5. The van der Waals surface area contributed by atoms with Crippen molar-refractivity contribution in [3.63, 3.8) is 0 Å². The van der Waals surface area contributed by atoms with E-state index in [-0.39, 0.29) is 18.0 Å². The number of nitrogens with zero attached hydrogens (tertiary/aromatic N) is 2. The molecule has 0 radical (unpaired) electrons. The summed E-state index contributed by atoms with van der Waals surface area (Å²) >= 11 is 3.44. The van der Waals surface area contributed by atoms with Gasteiger partial charge in [-0.1, -0.05) is 0 Å². The Hall–Kier alpha value is -0.810. The summed E-state index contributed by atoms with van der Waals surface area (Å²) in [5.74, 6) is 0.0881. The summed E-state index contributed by atoms with van der Waals surface area (Å²) in [6.45, 7) is 8.09. The Morgan fingerprint density at radius 2 is 2.28 bits per heavy atom. The third kappa shape index (κ3) is 2.62. The highest BCUT2D eigenvalue weighted by Gasteiger charge is 2.27. The van der Waals surface area contributed by atoms with Crippen LogP contribution in [0.1, 0.15) is 37.3 Å². The molecule has 1 amide bonds. The van der Waals surface area contributed by atoms with Crippen LogP contribution in [0, 0.1) is 0 Å². The number of hydrogen-bond acceptors (Lipinski definition) is 2. The fourth-order valence-corrected chi connectivity index (χ4v) is 2.66. The quantitative estimate of drug-likeness (QED) is 0.841. The Balaban J connectivity index is 2.27. The van der Waals surface area contributed by atoms with E-state index in [9.17, 15) is 4.79 Å². The molecule has 0 aliphatic carbocycles. The lowest BCUT2D eigenvalue weighted by atomic mass is 10.2. The van der Waals surface area contributed by atoms with Gasteiger partial charge in [0.15, 0.2) is 0 Å². The number of carbonyl (C=O) groups is 1. The number of morpholine rings is 1. The molecule has 100 valence electrons. The van der Waals surface area contributed by atoms with Crippen molar-refractivity contribution in [2.75, 3.05) is 19.8 Å². The predicted octanol–water partition coefficient (Wildman–Crippen LogP) is 2.69. The lowest BCUT2D eigenvalue weighted by Gasteiger charge is -2.33. The van der Waals surface area contributed by atoms with Gasteiger partial charge in [0.05, 0.1) is 19.3 Å². The summed E-state index contributed by atoms with van der Waals surface area (Å²) in [6.07, 6.45) is 1.96. The number of rotatable bonds is 2. The van der Waals surface area contributed by atoms with Gasteiger partial charge in [-0.15, -0.1) is 0 Å². The molecule has 0 N–H and O–H groups in total. The molecule has 1 aromatic heterocycles. The maximum atomic E-state index is 12.6. The lowest BCUT2D eigenvalue weighted by Crippen LogP contribution is -2.47. The summed E-state index contributed by atoms with van der Waals surface area (Å²) < 4.78 is 8.32. The molecule has 1 unspecified atom stereocenters. The van der Waals surface area contributed by atoms with Gasteiger partial charge in [-0.3, -0.25) is 4.79 Å². The first-order chi connectivity index (χ1) is 8.50. The molecule has 1 atom stereocenters. The fourth-order valence-electron chi connectivity index (χ4n) is 2.22. The van der Waals surface area contributed by atoms with Crippen molar-refractivity contribution < 1.29 is 9.53 Å². The van der Waals surface area contributed by atoms with Gasteiger partial charge in [0, 0.05) is 23.3 Å². The van der Waals surface area contributed by atoms with Gasteiger partial charge < -0.3 is 14.2 Å². The Morgan fingerprint density at radius 1 is 1.56 bits per heavy atom. The number of carbonyl (C=O) groups excluding carboxylic acids is 1. The monoisotopic (exact) mass is 314 g/mol. The van der Waals surface area contributed by atoms with Crippen LogP contribution in [-0.4, -0.2) is 41.2 Å². The zero-order valence-electron chi connectivity index (χ0n) is 11.0. The molecule has 4 nitrogen and oxygen atoms in total. The van der Waals surface area contributed by atoms with E-state index in [1.54, 1.807) is 0 Å². The standard InChI is InChI=1S/C13H19BrN2O2/c1-9(2)16-7-11(14)6-12(16)13(17)15-4-5-18-8-10(15)3/h6-7,9-10H,4-5,8H2,1-3H3. The molecular formula is C13H19BrN2O2. The van der Waals surface area contributed by atoms with Crippen LogP contribution in [0.5, 0.6) is 0 Å². The highest BCUT2D eigenvalue weighted by atomic mass is 79.9. The minimum atomic E-state index is 0.0881. The van der Waals surface area contributed by atoms with Gasteiger partial charge in [-0.2, -0.15) is 0 Å². The van der Waals surface area contributed by atoms with Gasteiger partial charge in [-0.25, -0.2) is 0 Å². The first-order valence-corrected chi connectivity index (χ1v) is 7.06. The van der Waals surface area contributed by atoms with E-state index >= 15 is 0 Å². The van der Waals surface area contributed by atoms with E-state index in [2.05, 4.69) is 29.8 Å². The van der Waals surface area contributed by atoms with Crippen molar-refractivity contribution in [2.24, 2.45) is 0 Å². The second-order valence-electron chi connectivity index (χ2n) is 4.97. The van der Waals surface area contributed by atoms with Crippen LogP contribution < -0.4 is 0 Å². The maximum Gasteiger partial charge on any atom is 0.270 e. The molecule has 0 bridgehead atoms. The zero-order chi connectivity index (χ0) is 13.3. The highest BCUT2D eigenvalue weighted by Crippen LogP contribution is 2.22. The number of hydrogen-bond donors (Lipinski definition) is 0.